The molecule has 0 aromatic heterocycles. The van der Waals surface area contributed by atoms with Crippen LogP contribution in [0.15, 0.2) is 35.5 Å². The second kappa shape index (κ2) is 9.12. The van der Waals surface area contributed by atoms with Crippen molar-refractivity contribution in [2.75, 3.05) is 13.1 Å². The fourth-order valence-electron chi connectivity index (χ4n) is 1.35. The Kier molecular flexibility index (Phi) is 8.30. The molecule has 0 saturated heterocycles. The van der Waals surface area contributed by atoms with E-state index in [9.17, 15) is 9.59 Å². The summed E-state index contributed by atoms with van der Waals surface area (Å²) < 4.78 is 0. The second-order valence-corrected chi connectivity index (χ2v) is 5.98. The first-order chi connectivity index (χ1) is 10.2. The molecule has 2 amide bonds. The van der Waals surface area contributed by atoms with E-state index in [-0.39, 0.29) is 11.8 Å². The van der Waals surface area contributed by atoms with Crippen molar-refractivity contribution in [1.82, 2.24) is 10.6 Å². The number of carbonyl (C=O) groups excluding carboxylic acids is 2. The van der Waals surface area contributed by atoms with Gasteiger partial charge in [-0.3, -0.25) is 9.59 Å². The smallest absolute Gasteiger partial charge is 0.249 e. The van der Waals surface area contributed by atoms with Gasteiger partial charge in [-0.05, 0) is 40.5 Å². The molecular weight excluding hydrogens is 280 g/mol. The lowest BCUT2D eigenvalue weighted by Gasteiger charge is -2.22. The Bertz CT molecular complexity index is 399. The molecular formula is C16H28N4O2. The van der Waals surface area contributed by atoms with Gasteiger partial charge < -0.3 is 10.6 Å². The molecule has 6 heteroatoms. The van der Waals surface area contributed by atoms with Gasteiger partial charge in [0.15, 0.2) is 11.1 Å². The van der Waals surface area contributed by atoms with Crippen LogP contribution in [0.3, 0.4) is 0 Å². The van der Waals surface area contributed by atoms with E-state index >= 15 is 0 Å². The second-order valence-electron chi connectivity index (χ2n) is 5.98. The highest BCUT2D eigenvalue weighted by molar-refractivity contribution is 5.86. The summed E-state index contributed by atoms with van der Waals surface area (Å²) in [6.45, 7) is 14.8. The molecule has 0 spiro atoms. The third-order valence-corrected chi connectivity index (χ3v) is 2.93. The van der Waals surface area contributed by atoms with Gasteiger partial charge in [-0.15, -0.1) is 13.2 Å². The Hall–Kier alpha value is -1.98. The minimum atomic E-state index is -1.03. The SMILES string of the molecule is C=CCCNC(=O)C(C)(C)N=NC(C)(C)C(=O)NCCC=C. The Balaban J connectivity index is 4.68. The van der Waals surface area contributed by atoms with Crippen LogP contribution < -0.4 is 10.6 Å². The van der Waals surface area contributed by atoms with Crippen LogP contribution in [0.2, 0.25) is 0 Å². The Morgan fingerprint density at radius 3 is 1.45 bits per heavy atom. The third-order valence-electron chi connectivity index (χ3n) is 2.93. The topological polar surface area (TPSA) is 82.9 Å². The summed E-state index contributed by atoms with van der Waals surface area (Å²) >= 11 is 0. The predicted octanol–water partition coefficient (Wildman–Crippen LogP) is 2.38. The van der Waals surface area contributed by atoms with E-state index in [0.29, 0.717) is 25.9 Å². The monoisotopic (exact) mass is 308 g/mol. The average Bonchev–Trinajstić information content (AvgIpc) is 2.45. The van der Waals surface area contributed by atoms with Crippen molar-refractivity contribution in [2.45, 2.75) is 51.6 Å². The minimum Gasteiger partial charge on any atom is -0.354 e. The molecule has 2 N–H and O–H groups in total. The number of nitrogens with zero attached hydrogens (tertiary/aromatic N) is 2. The number of azo groups is 1. The van der Waals surface area contributed by atoms with Gasteiger partial charge in [0, 0.05) is 13.1 Å². The van der Waals surface area contributed by atoms with Crippen molar-refractivity contribution in [3.8, 4) is 0 Å². The van der Waals surface area contributed by atoms with Crippen molar-refractivity contribution in [3.63, 3.8) is 0 Å². The van der Waals surface area contributed by atoms with Gasteiger partial charge in [-0.25, -0.2) is 0 Å². The molecule has 6 nitrogen and oxygen atoms in total. The molecule has 0 aromatic rings. The lowest BCUT2D eigenvalue weighted by molar-refractivity contribution is -0.127. The molecule has 124 valence electrons. The summed E-state index contributed by atoms with van der Waals surface area (Å²) in [5, 5.41) is 13.6. The van der Waals surface area contributed by atoms with Crippen LogP contribution in [0.4, 0.5) is 0 Å². The summed E-state index contributed by atoms with van der Waals surface area (Å²) in [4.78, 5) is 24.1. The van der Waals surface area contributed by atoms with E-state index in [1.165, 1.54) is 0 Å². The van der Waals surface area contributed by atoms with Crippen molar-refractivity contribution >= 4 is 11.8 Å². The minimum absolute atomic E-state index is 0.235. The van der Waals surface area contributed by atoms with Gasteiger partial charge >= 0.3 is 0 Å². The maximum atomic E-state index is 12.0. The lowest BCUT2D eigenvalue weighted by atomic mass is 10.0. The first-order valence-electron chi connectivity index (χ1n) is 7.40. The van der Waals surface area contributed by atoms with Gasteiger partial charge in [-0.2, -0.15) is 10.2 Å². The van der Waals surface area contributed by atoms with E-state index in [0.717, 1.165) is 0 Å². The highest BCUT2D eigenvalue weighted by Crippen LogP contribution is 2.16. The normalized spacial score (nSPS) is 12.0. The van der Waals surface area contributed by atoms with Crippen LogP contribution in [0.1, 0.15) is 40.5 Å². The third kappa shape index (κ3) is 7.15. The molecule has 0 bridgehead atoms. The number of carbonyl (C=O) groups is 2. The highest BCUT2D eigenvalue weighted by atomic mass is 16.2. The molecule has 0 saturated carbocycles. The molecule has 0 fully saturated rings. The molecule has 0 aliphatic carbocycles. The number of hydrogen-bond donors (Lipinski definition) is 2. The van der Waals surface area contributed by atoms with E-state index in [1.54, 1.807) is 39.8 Å². The van der Waals surface area contributed by atoms with Crippen molar-refractivity contribution < 1.29 is 9.59 Å². The first kappa shape index (κ1) is 20.0. The van der Waals surface area contributed by atoms with Crippen LogP contribution in [-0.2, 0) is 9.59 Å². The number of rotatable bonds is 10. The molecule has 0 heterocycles. The predicted molar refractivity (Wildman–Crippen MR) is 88.7 cm³/mol. The molecule has 0 rings (SSSR count). The Labute approximate surface area is 133 Å². The Morgan fingerprint density at radius 2 is 1.18 bits per heavy atom. The summed E-state index contributed by atoms with van der Waals surface area (Å²) in [6, 6.07) is 0. The van der Waals surface area contributed by atoms with Crippen LogP contribution in [-0.4, -0.2) is 36.0 Å². The van der Waals surface area contributed by atoms with E-state index in [4.69, 9.17) is 0 Å². The average molecular weight is 308 g/mol. The maximum Gasteiger partial charge on any atom is 0.249 e. The van der Waals surface area contributed by atoms with Gasteiger partial charge in [0.2, 0.25) is 11.8 Å². The largest absolute Gasteiger partial charge is 0.354 e. The molecule has 22 heavy (non-hydrogen) atoms. The Morgan fingerprint density at radius 1 is 0.864 bits per heavy atom. The van der Waals surface area contributed by atoms with E-state index in [2.05, 4.69) is 34.0 Å². The standard InChI is InChI=1S/C16H28N4O2/c1-7-9-11-17-13(21)15(3,4)19-20-16(5,6)14(22)18-12-10-8-2/h7-8H,1-2,9-12H2,3-6H3,(H,17,21)(H,18,22). The van der Waals surface area contributed by atoms with Crippen molar-refractivity contribution in [1.29, 1.82) is 0 Å². The first-order valence-corrected chi connectivity index (χ1v) is 7.40. The van der Waals surface area contributed by atoms with Crippen LogP contribution >= 0.6 is 0 Å². The maximum absolute atomic E-state index is 12.0. The van der Waals surface area contributed by atoms with E-state index in [1.807, 2.05) is 0 Å². The fraction of sp³-hybridized carbons (Fsp3) is 0.625. The molecule has 0 aromatic carbocycles. The molecule has 0 radical (unpaired) electrons. The zero-order chi connectivity index (χ0) is 17.2. The number of nitrogens with one attached hydrogen (secondary N) is 2. The molecule has 0 atom stereocenters. The quantitative estimate of drug-likeness (QED) is 0.369. The summed E-state index contributed by atoms with van der Waals surface area (Å²) in [7, 11) is 0. The van der Waals surface area contributed by atoms with Gasteiger partial charge in [0.25, 0.3) is 0 Å². The summed E-state index contributed by atoms with van der Waals surface area (Å²) in [6.07, 6.45) is 4.84. The van der Waals surface area contributed by atoms with Crippen LogP contribution in [0.5, 0.6) is 0 Å². The van der Waals surface area contributed by atoms with Crippen molar-refractivity contribution in [3.05, 3.63) is 25.3 Å². The lowest BCUT2D eigenvalue weighted by Crippen LogP contribution is -2.43. The van der Waals surface area contributed by atoms with E-state index < -0.39 is 11.1 Å². The molecule has 0 unspecified atom stereocenters. The zero-order valence-electron chi connectivity index (χ0n) is 14.1. The molecule has 0 aliphatic heterocycles. The zero-order valence-corrected chi connectivity index (χ0v) is 14.1. The van der Waals surface area contributed by atoms with Gasteiger partial charge in [0.05, 0.1) is 0 Å². The highest BCUT2D eigenvalue weighted by Gasteiger charge is 2.31. The van der Waals surface area contributed by atoms with Crippen LogP contribution in [0, 0.1) is 0 Å². The summed E-state index contributed by atoms with van der Waals surface area (Å²) in [5.74, 6) is -0.470. The molecule has 0 aliphatic rings. The fourth-order valence-corrected chi connectivity index (χ4v) is 1.35. The number of hydrogen-bond acceptors (Lipinski definition) is 4. The van der Waals surface area contributed by atoms with Crippen molar-refractivity contribution in [2.24, 2.45) is 10.2 Å². The van der Waals surface area contributed by atoms with Gasteiger partial charge in [0.1, 0.15) is 0 Å². The number of amides is 2. The van der Waals surface area contributed by atoms with Crippen LogP contribution in [0.25, 0.3) is 0 Å². The van der Waals surface area contributed by atoms with Gasteiger partial charge in [-0.1, -0.05) is 12.2 Å². The summed E-state index contributed by atoms with van der Waals surface area (Å²) in [5.41, 5.74) is -2.06.